The summed E-state index contributed by atoms with van der Waals surface area (Å²) in [6, 6.07) is 10.00. The molecule has 1 aromatic rings. The number of rotatable bonds is 3. The number of nitriles is 1. The smallest absolute Gasteiger partial charge is 0.226 e. The Bertz CT molecular complexity index is 476. The molecule has 0 spiro atoms. The molecule has 1 amide bonds. The lowest BCUT2D eigenvalue weighted by molar-refractivity contribution is -0.134. The number of carbonyl (C=O) groups is 1. The van der Waals surface area contributed by atoms with Crippen molar-refractivity contribution in [2.45, 2.75) is 25.9 Å². The molecule has 1 heterocycles. The van der Waals surface area contributed by atoms with Crippen molar-refractivity contribution in [3.63, 3.8) is 0 Å². The van der Waals surface area contributed by atoms with Crippen molar-refractivity contribution in [1.82, 2.24) is 5.32 Å². The molecule has 1 aliphatic rings. The van der Waals surface area contributed by atoms with Crippen molar-refractivity contribution in [1.29, 1.82) is 5.26 Å². The average Bonchev–Trinajstić information content (AvgIpc) is 2.45. The second-order valence-electron chi connectivity index (χ2n) is 4.83. The van der Waals surface area contributed by atoms with Gasteiger partial charge in [-0.15, -0.1) is 0 Å². The van der Waals surface area contributed by atoms with E-state index in [0.717, 1.165) is 18.4 Å². The van der Waals surface area contributed by atoms with Gasteiger partial charge in [0.25, 0.3) is 0 Å². The quantitative estimate of drug-likeness (QED) is 0.844. The standard InChI is InChI=1S/C15H18N2O2/c1-11-4-6-12(7-5-11)14-13(3-2-10-19-14)15(18)17-9-8-16/h4-7,13-14H,2-3,9-10H2,1H3,(H,17,18)/t13-,14-/m0/s1. The highest BCUT2D eigenvalue weighted by molar-refractivity contribution is 5.79. The molecule has 1 N–H and O–H groups in total. The molecule has 1 aromatic carbocycles. The third-order valence-corrected chi connectivity index (χ3v) is 3.41. The number of hydrogen-bond donors (Lipinski definition) is 1. The molecule has 1 fully saturated rings. The maximum absolute atomic E-state index is 12.1. The first-order valence-corrected chi connectivity index (χ1v) is 6.55. The fourth-order valence-electron chi connectivity index (χ4n) is 2.39. The van der Waals surface area contributed by atoms with E-state index < -0.39 is 0 Å². The number of nitrogens with zero attached hydrogens (tertiary/aromatic N) is 1. The summed E-state index contributed by atoms with van der Waals surface area (Å²) in [7, 11) is 0. The zero-order valence-corrected chi connectivity index (χ0v) is 11.1. The van der Waals surface area contributed by atoms with E-state index in [4.69, 9.17) is 10.00 Å². The molecule has 0 saturated carbocycles. The van der Waals surface area contributed by atoms with Gasteiger partial charge in [0, 0.05) is 6.61 Å². The lowest BCUT2D eigenvalue weighted by atomic mass is 9.88. The van der Waals surface area contributed by atoms with E-state index in [2.05, 4.69) is 5.32 Å². The van der Waals surface area contributed by atoms with Gasteiger partial charge in [-0.05, 0) is 25.3 Å². The lowest BCUT2D eigenvalue weighted by Crippen LogP contribution is -2.37. The first-order valence-electron chi connectivity index (χ1n) is 6.55. The van der Waals surface area contributed by atoms with E-state index in [9.17, 15) is 4.79 Å². The minimum absolute atomic E-state index is 0.0515. The molecule has 0 unspecified atom stereocenters. The third kappa shape index (κ3) is 3.33. The number of amides is 1. The summed E-state index contributed by atoms with van der Waals surface area (Å²) in [6.45, 7) is 2.76. The predicted molar refractivity (Wildman–Crippen MR) is 71.2 cm³/mol. The molecule has 0 radical (unpaired) electrons. The van der Waals surface area contributed by atoms with Gasteiger partial charge in [0.2, 0.25) is 5.91 Å². The highest BCUT2D eigenvalue weighted by Gasteiger charge is 2.32. The van der Waals surface area contributed by atoms with Gasteiger partial charge < -0.3 is 10.1 Å². The van der Waals surface area contributed by atoms with Crippen LogP contribution in [0.4, 0.5) is 0 Å². The Kier molecular flexibility index (Phi) is 4.53. The Balaban J connectivity index is 2.14. The Morgan fingerprint density at radius 1 is 1.47 bits per heavy atom. The number of aryl methyl sites for hydroxylation is 1. The number of hydrogen-bond acceptors (Lipinski definition) is 3. The summed E-state index contributed by atoms with van der Waals surface area (Å²) in [5.74, 6) is -0.295. The van der Waals surface area contributed by atoms with Crippen molar-refractivity contribution in [3.05, 3.63) is 35.4 Å². The van der Waals surface area contributed by atoms with Crippen molar-refractivity contribution >= 4 is 5.91 Å². The SMILES string of the molecule is Cc1ccc([C@@H]2OCCC[C@@H]2C(=O)NCC#N)cc1. The summed E-state index contributed by atoms with van der Waals surface area (Å²) in [6.07, 6.45) is 1.48. The first kappa shape index (κ1) is 13.6. The minimum atomic E-state index is -0.204. The van der Waals surface area contributed by atoms with Gasteiger partial charge in [0.1, 0.15) is 6.54 Å². The van der Waals surface area contributed by atoms with Gasteiger partial charge in [-0.2, -0.15) is 5.26 Å². The third-order valence-electron chi connectivity index (χ3n) is 3.41. The van der Waals surface area contributed by atoms with Crippen LogP contribution in [-0.2, 0) is 9.53 Å². The fraction of sp³-hybridized carbons (Fsp3) is 0.467. The first-order chi connectivity index (χ1) is 9.22. The highest BCUT2D eigenvalue weighted by Crippen LogP contribution is 2.33. The number of carbonyl (C=O) groups excluding carboxylic acids is 1. The second kappa shape index (κ2) is 6.35. The van der Waals surface area contributed by atoms with Crippen molar-refractivity contribution in [2.24, 2.45) is 5.92 Å². The van der Waals surface area contributed by atoms with Crippen LogP contribution in [-0.4, -0.2) is 19.1 Å². The normalized spacial score (nSPS) is 22.5. The Morgan fingerprint density at radius 3 is 2.89 bits per heavy atom. The molecule has 100 valence electrons. The molecule has 2 atom stereocenters. The predicted octanol–water partition coefficient (Wildman–Crippen LogP) is 2.10. The Labute approximate surface area is 113 Å². The van der Waals surface area contributed by atoms with Gasteiger partial charge in [-0.25, -0.2) is 0 Å². The van der Waals surface area contributed by atoms with Crippen LogP contribution in [0.15, 0.2) is 24.3 Å². The topological polar surface area (TPSA) is 62.1 Å². The monoisotopic (exact) mass is 258 g/mol. The minimum Gasteiger partial charge on any atom is -0.373 e. The van der Waals surface area contributed by atoms with Gasteiger partial charge in [-0.3, -0.25) is 4.79 Å². The molecular formula is C15H18N2O2. The molecule has 19 heavy (non-hydrogen) atoms. The lowest BCUT2D eigenvalue weighted by Gasteiger charge is -2.31. The van der Waals surface area contributed by atoms with Crippen molar-refractivity contribution in [2.75, 3.05) is 13.2 Å². The molecule has 4 heteroatoms. The zero-order chi connectivity index (χ0) is 13.7. The molecule has 0 aromatic heterocycles. The fourth-order valence-corrected chi connectivity index (χ4v) is 2.39. The van der Waals surface area contributed by atoms with Gasteiger partial charge in [0.15, 0.2) is 0 Å². The summed E-state index contributed by atoms with van der Waals surface area (Å²) >= 11 is 0. The van der Waals surface area contributed by atoms with E-state index in [-0.39, 0.29) is 24.5 Å². The maximum atomic E-state index is 12.1. The summed E-state index contributed by atoms with van der Waals surface area (Å²) in [5.41, 5.74) is 2.22. The van der Waals surface area contributed by atoms with Gasteiger partial charge in [-0.1, -0.05) is 29.8 Å². The average molecular weight is 258 g/mol. The Morgan fingerprint density at radius 2 is 2.21 bits per heavy atom. The van der Waals surface area contributed by atoms with E-state index in [1.807, 2.05) is 37.3 Å². The van der Waals surface area contributed by atoms with Crippen molar-refractivity contribution in [3.8, 4) is 6.07 Å². The summed E-state index contributed by atoms with van der Waals surface area (Å²) < 4.78 is 5.77. The van der Waals surface area contributed by atoms with Gasteiger partial charge >= 0.3 is 0 Å². The van der Waals surface area contributed by atoms with Gasteiger partial charge in [0.05, 0.1) is 18.1 Å². The molecule has 1 saturated heterocycles. The van der Waals surface area contributed by atoms with Crippen LogP contribution in [0.5, 0.6) is 0 Å². The number of nitrogens with one attached hydrogen (secondary N) is 1. The van der Waals surface area contributed by atoms with E-state index >= 15 is 0 Å². The molecule has 0 aliphatic carbocycles. The summed E-state index contributed by atoms with van der Waals surface area (Å²) in [5, 5.41) is 11.2. The highest BCUT2D eigenvalue weighted by atomic mass is 16.5. The second-order valence-corrected chi connectivity index (χ2v) is 4.83. The number of benzene rings is 1. The summed E-state index contributed by atoms with van der Waals surface area (Å²) in [4.78, 5) is 12.1. The zero-order valence-electron chi connectivity index (χ0n) is 11.1. The number of ether oxygens (including phenoxy) is 1. The molecular weight excluding hydrogens is 240 g/mol. The molecule has 1 aliphatic heterocycles. The van der Waals surface area contributed by atoms with E-state index in [1.54, 1.807) is 0 Å². The van der Waals surface area contributed by atoms with Crippen molar-refractivity contribution < 1.29 is 9.53 Å². The van der Waals surface area contributed by atoms with Crippen LogP contribution in [0.2, 0.25) is 0 Å². The maximum Gasteiger partial charge on any atom is 0.226 e. The van der Waals surface area contributed by atoms with E-state index in [0.29, 0.717) is 6.61 Å². The molecule has 2 rings (SSSR count). The Hall–Kier alpha value is -1.86. The van der Waals surface area contributed by atoms with E-state index in [1.165, 1.54) is 5.56 Å². The van der Waals surface area contributed by atoms with Crippen LogP contribution in [0.25, 0.3) is 0 Å². The largest absolute Gasteiger partial charge is 0.373 e. The van der Waals surface area contributed by atoms with Crippen LogP contribution >= 0.6 is 0 Å². The van der Waals surface area contributed by atoms with Crippen LogP contribution in [0, 0.1) is 24.2 Å². The van der Waals surface area contributed by atoms with Crippen LogP contribution in [0.1, 0.15) is 30.1 Å². The van der Waals surface area contributed by atoms with Crippen LogP contribution in [0.3, 0.4) is 0 Å². The van der Waals surface area contributed by atoms with Crippen LogP contribution < -0.4 is 5.32 Å². The molecule has 0 bridgehead atoms. The molecule has 4 nitrogen and oxygen atoms in total.